The first-order valence-corrected chi connectivity index (χ1v) is 8.74. The van der Waals surface area contributed by atoms with Crippen LogP contribution in [0.3, 0.4) is 0 Å². The zero-order valence-electron chi connectivity index (χ0n) is 13.3. The van der Waals surface area contributed by atoms with E-state index in [4.69, 9.17) is 9.47 Å². The molecule has 122 valence electrons. The third-order valence-electron chi connectivity index (χ3n) is 4.20. The van der Waals surface area contributed by atoms with E-state index in [2.05, 4.69) is 0 Å². The molecule has 1 aromatic carbocycles. The number of hydrogen-bond acceptors (Lipinski definition) is 5. The number of ether oxygens (including phenoxy) is 2. The van der Waals surface area contributed by atoms with Gasteiger partial charge in [0.1, 0.15) is 11.5 Å². The Kier molecular flexibility index (Phi) is 4.37. The third-order valence-corrected chi connectivity index (χ3v) is 6.08. The number of benzene rings is 1. The van der Waals surface area contributed by atoms with Crippen molar-refractivity contribution in [3.63, 3.8) is 0 Å². The van der Waals surface area contributed by atoms with Gasteiger partial charge in [-0.1, -0.05) is 0 Å². The van der Waals surface area contributed by atoms with Crippen molar-refractivity contribution in [1.29, 1.82) is 0 Å². The Morgan fingerprint density at radius 1 is 1.18 bits per heavy atom. The lowest BCUT2D eigenvalue weighted by Crippen LogP contribution is -2.48. The van der Waals surface area contributed by atoms with Gasteiger partial charge in [-0.25, -0.2) is 8.42 Å². The molecule has 2 rings (SSSR count). The van der Waals surface area contributed by atoms with Gasteiger partial charge in [0.15, 0.2) is 9.84 Å². The molecule has 0 saturated carbocycles. The lowest BCUT2D eigenvalue weighted by atomic mass is 9.98. The van der Waals surface area contributed by atoms with E-state index in [0.717, 1.165) is 0 Å². The van der Waals surface area contributed by atoms with Gasteiger partial charge in [-0.2, -0.15) is 0 Å². The molecule has 0 aromatic heterocycles. The van der Waals surface area contributed by atoms with E-state index in [9.17, 15) is 13.2 Å². The average molecular weight is 327 g/mol. The van der Waals surface area contributed by atoms with Crippen LogP contribution in [0.15, 0.2) is 18.2 Å². The van der Waals surface area contributed by atoms with Gasteiger partial charge in [0.2, 0.25) is 0 Å². The van der Waals surface area contributed by atoms with Crippen LogP contribution < -0.4 is 9.47 Å². The van der Waals surface area contributed by atoms with Crippen LogP contribution in [-0.4, -0.2) is 57.5 Å². The molecule has 1 atom stereocenters. The number of carbonyl (C=O) groups is 1. The molecule has 0 radical (unpaired) electrons. The van der Waals surface area contributed by atoms with Gasteiger partial charge in [0.05, 0.1) is 31.3 Å². The second-order valence-corrected chi connectivity index (χ2v) is 7.99. The number of carbonyl (C=O) groups excluding carboxylic acids is 1. The second-order valence-electron chi connectivity index (χ2n) is 5.80. The standard InChI is InChI=1S/C15H21NO5S/c1-15(5-6-22(18,19)10-15)16(2)14(17)11-7-12(20-3)9-13(8-11)21-4/h7-9H,5-6,10H2,1-4H3. The minimum absolute atomic E-state index is 0.0106. The summed E-state index contributed by atoms with van der Waals surface area (Å²) in [4.78, 5) is 14.2. The molecule has 1 unspecified atom stereocenters. The minimum atomic E-state index is -3.08. The zero-order valence-corrected chi connectivity index (χ0v) is 14.1. The number of nitrogens with zero attached hydrogens (tertiary/aromatic N) is 1. The second kappa shape index (κ2) is 5.79. The highest BCUT2D eigenvalue weighted by Crippen LogP contribution is 2.31. The fraction of sp³-hybridized carbons (Fsp3) is 0.533. The molecule has 0 bridgehead atoms. The van der Waals surface area contributed by atoms with E-state index >= 15 is 0 Å². The number of sulfone groups is 1. The van der Waals surface area contributed by atoms with Crippen molar-refractivity contribution in [3.8, 4) is 11.5 Å². The number of rotatable bonds is 4. The van der Waals surface area contributed by atoms with Crippen LogP contribution in [0.25, 0.3) is 0 Å². The fourth-order valence-electron chi connectivity index (χ4n) is 2.63. The molecule has 7 heteroatoms. The van der Waals surface area contributed by atoms with Crippen molar-refractivity contribution in [2.45, 2.75) is 18.9 Å². The summed E-state index contributed by atoms with van der Waals surface area (Å²) < 4.78 is 33.8. The van der Waals surface area contributed by atoms with Gasteiger partial charge in [-0.05, 0) is 25.5 Å². The lowest BCUT2D eigenvalue weighted by molar-refractivity contribution is 0.0637. The molecule has 22 heavy (non-hydrogen) atoms. The summed E-state index contributed by atoms with van der Waals surface area (Å²) in [5.41, 5.74) is -0.282. The number of methoxy groups -OCH3 is 2. The molecule has 1 aromatic rings. The molecule has 1 heterocycles. The van der Waals surface area contributed by atoms with E-state index < -0.39 is 15.4 Å². The van der Waals surface area contributed by atoms with Gasteiger partial charge in [0.25, 0.3) is 5.91 Å². The van der Waals surface area contributed by atoms with Crippen LogP contribution in [0.4, 0.5) is 0 Å². The molecule has 6 nitrogen and oxygen atoms in total. The van der Waals surface area contributed by atoms with Crippen molar-refractivity contribution in [1.82, 2.24) is 4.90 Å². The maximum atomic E-state index is 12.7. The van der Waals surface area contributed by atoms with E-state index in [1.165, 1.54) is 19.1 Å². The molecule has 0 spiro atoms. The number of amides is 1. The van der Waals surface area contributed by atoms with Crippen molar-refractivity contribution < 1.29 is 22.7 Å². The molecule has 1 fully saturated rings. The smallest absolute Gasteiger partial charge is 0.254 e. The normalized spacial score (nSPS) is 23.1. The van der Waals surface area contributed by atoms with Crippen LogP contribution in [0.2, 0.25) is 0 Å². The molecule has 0 aliphatic carbocycles. The van der Waals surface area contributed by atoms with Crippen LogP contribution >= 0.6 is 0 Å². The topological polar surface area (TPSA) is 72.9 Å². The molecule has 0 N–H and O–H groups in total. The molecular weight excluding hydrogens is 306 g/mol. The Labute approximate surface area is 130 Å². The maximum Gasteiger partial charge on any atom is 0.254 e. The highest BCUT2D eigenvalue weighted by molar-refractivity contribution is 7.91. The quantitative estimate of drug-likeness (QED) is 0.835. The monoisotopic (exact) mass is 327 g/mol. The Morgan fingerprint density at radius 2 is 1.73 bits per heavy atom. The van der Waals surface area contributed by atoms with Crippen LogP contribution in [0.1, 0.15) is 23.7 Å². The van der Waals surface area contributed by atoms with Crippen molar-refractivity contribution in [2.75, 3.05) is 32.8 Å². The SMILES string of the molecule is COc1cc(OC)cc(C(=O)N(C)C2(C)CCS(=O)(=O)C2)c1. The van der Waals surface area contributed by atoms with E-state index in [-0.39, 0.29) is 17.4 Å². The average Bonchev–Trinajstić information content (AvgIpc) is 2.79. The first-order valence-electron chi connectivity index (χ1n) is 6.92. The van der Waals surface area contributed by atoms with Gasteiger partial charge in [-0.15, -0.1) is 0 Å². The third kappa shape index (κ3) is 3.19. The predicted octanol–water partition coefficient (Wildman–Crippen LogP) is 1.35. The number of hydrogen-bond donors (Lipinski definition) is 0. The van der Waals surface area contributed by atoms with Crippen molar-refractivity contribution >= 4 is 15.7 Å². The van der Waals surface area contributed by atoms with E-state index in [1.807, 2.05) is 0 Å². The maximum absolute atomic E-state index is 12.7. The summed E-state index contributed by atoms with van der Waals surface area (Å²) in [7, 11) is 1.57. The van der Waals surface area contributed by atoms with Gasteiger partial charge >= 0.3 is 0 Å². The van der Waals surface area contributed by atoms with E-state index in [0.29, 0.717) is 23.5 Å². The highest BCUT2D eigenvalue weighted by atomic mass is 32.2. The Bertz CT molecular complexity index is 663. The highest BCUT2D eigenvalue weighted by Gasteiger charge is 2.43. The zero-order chi connectivity index (χ0) is 16.5. The van der Waals surface area contributed by atoms with Crippen molar-refractivity contribution in [3.05, 3.63) is 23.8 Å². The predicted molar refractivity (Wildman–Crippen MR) is 83.3 cm³/mol. The Morgan fingerprint density at radius 3 is 2.14 bits per heavy atom. The summed E-state index contributed by atoms with van der Waals surface area (Å²) in [5.74, 6) is 0.878. The molecule has 1 aliphatic heterocycles. The minimum Gasteiger partial charge on any atom is -0.497 e. The summed E-state index contributed by atoms with van der Waals surface area (Å²) in [5, 5.41) is 0. The molecule has 1 aliphatic rings. The Hall–Kier alpha value is -1.76. The first kappa shape index (κ1) is 16.6. The summed E-state index contributed by atoms with van der Waals surface area (Å²) in [6, 6.07) is 4.92. The van der Waals surface area contributed by atoms with Gasteiger partial charge < -0.3 is 14.4 Å². The molecular formula is C15H21NO5S. The van der Waals surface area contributed by atoms with Crippen LogP contribution in [0, 0.1) is 0 Å². The summed E-state index contributed by atoms with van der Waals surface area (Å²) in [6.45, 7) is 1.80. The molecule has 1 saturated heterocycles. The summed E-state index contributed by atoms with van der Waals surface area (Å²) in [6.07, 6.45) is 0.443. The van der Waals surface area contributed by atoms with Gasteiger partial charge in [0, 0.05) is 18.7 Å². The first-order chi connectivity index (χ1) is 10.2. The van der Waals surface area contributed by atoms with Gasteiger partial charge in [-0.3, -0.25) is 4.79 Å². The summed E-state index contributed by atoms with van der Waals surface area (Å²) >= 11 is 0. The van der Waals surface area contributed by atoms with Crippen LogP contribution in [-0.2, 0) is 9.84 Å². The molecule has 1 amide bonds. The Balaban J connectivity index is 2.31. The lowest BCUT2D eigenvalue weighted by Gasteiger charge is -2.34. The van der Waals surface area contributed by atoms with Crippen LogP contribution in [0.5, 0.6) is 11.5 Å². The van der Waals surface area contributed by atoms with E-state index in [1.54, 1.807) is 32.2 Å². The largest absolute Gasteiger partial charge is 0.497 e. The fourth-order valence-corrected chi connectivity index (χ4v) is 4.81. The van der Waals surface area contributed by atoms with Crippen molar-refractivity contribution in [2.24, 2.45) is 0 Å².